The molecule has 1 amide bonds. The molecule has 1 fully saturated rings. The third-order valence-electron chi connectivity index (χ3n) is 5.06. The number of amides is 1. The van der Waals surface area contributed by atoms with Crippen LogP contribution in [-0.2, 0) is 13.1 Å². The van der Waals surface area contributed by atoms with Gasteiger partial charge in [-0.3, -0.25) is 4.90 Å². The third-order valence-corrected chi connectivity index (χ3v) is 5.59. The van der Waals surface area contributed by atoms with Crippen LogP contribution in [0.5, 0.6) is 5.75 Å². The number of likely N-dealkylation sites (N-methyl/N-ethyl adjacent to an activating group) is 1. The average Bonchev–Trinajstić information content (AvgIpc) is 3.08. The van der Waals surface area contributed by atoms with Crippen molar-refractivity contribution in [3.05, 3.63) is 58.1 Å². The minimum atomic E-state index is -0.301. The molecule has 2 aromatic rings. The molecule has 2 aliphatic rings. The SMILES string of the molecule is CN1CCN(c2ccc3c(c2)CN(C(=O)Oc2ccc(Br)cc2)C3)CC1. The molecule has 0 aliphatic carbocycles. The van der Waals surface area contributed by atoms with Crippen LogP contribution in [0.25, 0.3) is 0 Å². The number of fused-ring (bicyclic) bond motifs is 1. The zero-order valence-corrected chi connectivity index (χ0v) is 16.4. The fourth-order valence-corrected chi connectivity index (χ4v) is 3.70. The summed E-state index contributed by atoms with van der Waals surface area (Å²) in [7, 11) is 2.16. The van der Waals surface area contributed by atoms with Crippen LogP contribution in [0.4, 0.5) is 10.5 Å². The summed E-state index contributed by atoms with van der Waals surface area (Å²) < 4.78 is 6.45. The summed E-state index contributed by atoms with van der Waals surface area (Å²) in [5.74, 6) is 0.562. The van der Waals surface area contributed by atoms with Crippen molar-refractivity contribution < 1.29 is 9.53 Å². The first-order valence-electron chi connectivity index (χ1n) is 8.86. The van der Waals surface area contributed by atoms with Crippen LogP contribution in [0.3, 0.4) is 0 Å². The van der Waals surface area contributed by atoms with E-state index < -0.39 is 0 Å². The van der Waals surface area contributed by atoms with Gasteiger partial charge in [0, 0.05) is 49.4 Å². The summed E-state index contributed by atoms with van der Waals surface area (Å²) >= 11 is 3.38. The lowest BCUT2D eigenvalue weighted by molar-refractivity contribution is 0.152. The van der Waals surface area contributed by atoms with Gasteiger partial charge in [-0.1, -0.05) is 22.0 Å². The highest BCUT2D eigenvalue weighted by molar-refractivity contribution is 9.10. The highest BCUT2D eigenvalue weighted by atomic mass is 79.9. The molecule has 1 saturated heterocycles. The van der Waals surface area contributed by atoms with E-state index in [4.69, 9.17) is 4.74 Å². The van der Waals surface area contributed by atoms with Gasteiger partial charge in [0.15, 0.2) is 0 Å². The lowest BCUT2D eigenvalue weighted by Gasteiger charge is -2.34. The lowest BCUT2D eigenvalue weighted by atomic mass is 10.1. The molecule has 0 radical (unpaired) electrons. The van der Waals surface area contributed by atoms with Crippen LogP contribution >= 0.6 is 15.9 Å². The van der Waals surface area contributed by atoms with Crippen LogP contribution in [0.15, 0.2) is 46.9 Å². The van der Waals surface area contributed by atoms with Crippen molar-refractivity contribution in [3.8, 4) is 5.75 Å². The van der Waals surface area contributed by atoms with E-state index in [1.165, 1.54) is 16.8 Å². The highest BCUT2D eigenvalue weighted by Gasteiger charge is 2.26. The Bertz CT molecular complexity index is 801. The molecule has 5 nitrogen and oxygen atoms in total. The summed E-state index contributed by atoms with van der Waals surface area (Å²) in [5, 5.41) is 0. The number of benzene rings is 2. The molecule has 0 bridgehead atoms. The number of hydrogen-bond acceptors (Lipinski definition) is 4. The van der Waals surface area contributed by atoms with E-state index >= 15 is 0 Å². The molecule has 0 aromatic heterocycles. The molecule has 0 saturated carbocycles. The Morgan fingerprint density at radius 3 is 2.38 bits per heavy atom. The largest absolute Gasteiger partial charge is 0.415 e. The fourth-order valence-electron chi connectivity index (χ4n) is 3.44. The van der Waals surface area contributed by atoms with E-state index in [0.29, 0.717) is 18.8 Å². The smallest absolute Gasteiger partial charge is 0.410 e. The van der Waals surface area contributed by atoms with Crippen LogP contribution in [0.1, 0.15) is 11.1 Å². The summed E-state index contributed by atoms with van der Waals surface area (Å²) in [6, 6.07) is 13.9. The van der Waals surface area contributed by atoms with Crippen LogP contribution < -0.4 is 9.64 Å². The highest BCUT2D eigenvalue weighted by Crippen LogP contribution is 2.29. The van der Waals surface area contributed by atoms with Crippen LogP contribution in [0, 0.1) is 0 Å². The van der Waals surface area contributed by atoms with Crippen LogP contribution in [-0.4, -0.2) is 49.1 Å². The first kappa shape index (κ1) is 17.4. The molecule has 2 aromatic carbocycles. The van der Waals surface area contributed by atoms with E-state index in [9.17, 15) is 4.79 Å². The Labute approximate surface area is 162 Å². The Balaban J connectivity index is 1.42. The van der Waals surface area contributed by atoms with Gasteiger partial charge in [-0.25, -0.2) is 4.79 Å². The lowest BCUT2D eigenvalue weighted by Crippen LogP contribution is -2.44. The monoisotopic (exact) mass is 415 g/mol. The second-order valence-corrected chi connectivity index (χ2v) is 7.84. The standard InChI is InChI=1S/C20H22BrN3O2/c1-22-8-10-23(11-9-22)18-5-2-15-13-24(14-16(15)12-18)20(25)26-19-6-3-17(21)4-7-19/h2-7,12H,8-11,13-14H2,1H3. The summed E-state index contributed by atoms with van der Waals surface area (Å²) in [5.41, 5.74) is 3.67. The van der Waals surface area contributed by atoms with Gasteiger partial charge in [-0.05, 0) is 54.6 Å². The number of anilines is 1. The minimum Gasteiger partial charge on any atom is -0.410 e. The van der Waals surface area contributed by atoms with Crippen molar-refractivity contribution in [3.63, 3.8) is 0 Å². The van der Waals surface area contributed by atoms with E-state index in [-0.39, 0.29) is 6.09 Å². The second-order valence-electron chi connectivity index (χ2n) is 6.92. The van der Waals surface area contributed by atoms with E-state index in [1.54, 1.807) is 17.0 Å². The van der Waals surface area contributed by atoms with Crippen molar-refractivity contribution in [1.29, 1.82) is 0 Å². The van der Waals surface area contributed by atoms with Gasteiger partial charge in [0.1, 0.15) is 5.75 Å². The van der Waals surface area contributed by atoms with Crippen LogP contribution in [0.2, 0.25) is 0 Å². The number of nitrogens with zero attached hydrogens (tertiary/aromatic N) is 3. The van der Waals surface area contributed by atoms with E-state index in [2.05, 4.69) is 51.0 Å². The van der Waals surface area contributed by atoms with Gasteiger partial charge in [-0.15, -0.1) is 0 Å². The maximum atomic E-state index is 12.5. The van der Waals surface area contributed by atoms with Gasteiger partial charge in [-0.2, -0.15) is 0 Å². The molecule has 0 unspecified atom stereocenters. The summed E-state index contributed by atoms with van der Waals surface area (Å²) in [6.07, 6.45) is -0.301. The molecule has 26 heavy (non-hydrogen) atoms. The molecule has 2 aliphatic heterocycles. The zero-order valence-electron chi connectivity index (χ0n) is 14.8. The Kier molecular flexibility index (Phi) is 4.87. The molecule has 136 valence electrons. The number of piperazine rings is 1. The number of rotatable bonds is 2. The topological polar surface area (TPSA) is 36.0 Å². The molecule has 0 atom stereocenters. The van der Waals surface area contributed by atoms with Gasteiger partial charge in [0.05, 0.1) is 0 Å². The quantitative estimate of drug-likeness (QED) is 0.748. The first-order valence-corrected chi connectivity index (χ1v) is 9.65. The predicted molar refractivity (Wildman–Crippen MR) is 106 cm³/mol. The normalized spacial score (nSPS) is 17.3. The maximum Gasteiger partial charge on any atom is 0.415 e. The van der Waals surface area contributed by atoms with Crippen molar-refractivity contribution in [1.82, 2.24) is 9.80 Å². The molecule has 0 spiro atoms. The zero-order chi connectivity index (χ0) is 18.1. The Morgan fingerprint density at radius 1 is 0.962 bits per heavy atom. The minimum absolute atomic E-state index is 0.301. The van der Waals surface area contributed by atoms with E-state index in [1.807, 2.05) is 12.1 Å². The third kappa shape index (κ3) is 3.71. The Morgan fingerprint density at radius 2 is 1.65 bits per heavy atom. The predicted octanol–water partition coefficient (Wildman–Crippen LogP) is 3.72. The van der Waals surface area contributed by atoms with E-state index in [0.717, 1.165) is 30.7 Å². The second kappa shape index (κ2) is 7.29. The molecule has 2 heterocycles. The molecule has 4 rings (SSSR count). The first-order chi connectivity index (χ1) is 12.6. The molecule has 0 N–H and O–H groups in total. The number of ether oxygens (including phenoxy) is 1. The van der Waals surface area contributed by atoms with Gasteiger partial charge < -0.3 is 14.5 Å². The summed E-state index contributed by atoms with van der Waals surface area (Å²) in [6.45, 7) is 5.47. The number of halogens is 1. The number of carbonyl (C=O) groups excluding carboxylic acids is 1. The summed E-state index contributed by atoms with van der Waals surface area (Å²) in [4.78, 5) is 19.0. The van der Waals surface area contributed by atoms with Crippen molar-refractivity contribution in [2.75, 3.05) is 38.1 Å². The van der Waals surface area contributed by atoms with Gasteiger partial charge >= 0.3 is 6.09 Å². The number of hydrogen-bond donors (Lipinski definition) is 0. The number of carbonyl (C=O) groups is 1. The average molecular weight is 416 g/mol. The van der Waals surface area contributed by atoms with Crippen molar-refractivity contribution in [2.45, 2.75) is 13.1 Å². The van der Waals surface area contributed by atoms with Crippen molar-refractivity contribution in [2.24, 2.45) is 0 Å². The van der Waals surface area contributed by atoms with Crippen molar-refractivity contribution >= 4 is 27.7 Å². The molecule has 6 heteroatoms. The maximum absolute atomic E-state index is 12.5. The van der Waals surface area contributed by atoms with Gasteiger partial charge in [0.25, 0.3) is 0 Å². The molecular weight excluding hydrogens is 394 g/mol. The molecular formula is C20H22BrN3O2. The van der Waals surface area contributed by atoms with Gasteiger partial charge in [0.2, 0.25) is 0 Å². The fraction of sp³-hybridized carbons (Fsp3) is 0.350. The Hall–Kier alpha value is -2.05.